The molecule has 6 amide bonds. The summed E-state index contributed by atoms with van der Waals surface area (Å²) in [6.07, 6.45) is 9.44. The van der Waals surface area contributed by atoms with Crippen LogP contribution in [0.5, 0.6) is 0 Å². The summed E-state index contributed by atoms with van der Waals surface area (Å²) in [4.78, 5) is 117. The monoisotopic (exact) mass is 1410 g/mol. The molecule has 12 aromatic rings. The summed E-state index contributed by atoms with van der Waals surface area (Å²) in [5.41, 5.74) is 7.42. The van der Waals surface area contributed by atoms with E-state index in [2.05, 4.69) is 35.9 Å². The highest BCUT2D eigenvalue weighted by Crippen LogP contribution is 2.42. The number of hydrogen-bond acceptors (Lipinski definition) is 16. The number of rotatable bonds is 18. The molecule has 2 aliphatic rings. The summed E-state index contributed by atoms with van der Waals surface area (Å²) in [6.45, 7) is 15.0. The molecule has 26 heteroatoms. The van der Waals surface area contributed by atoms with Crippen LogP contribution in [-0.4, -0.2) is 130 Å². The SMILES string of the molecule is CC(NC(=O)c1c(CC(=O)OC(C)(C)C)nn2cccnc12)c1cc(Cl)c2cn(CCN3C(=O)c4ccccc4C3=O)nc2c1-c1ccccc1.CC(NC(=O)c1c(CC(=O)OC(C)(C)C)nn2cccnc12)c1cc(Cl)c2cnn(CCN3C(=O)c4ccccc4C3=O)c2c1-c1ccccc1. The second-order valence-corrected chi connectivity index (χ2v) is 27.4. The number of aromatic nitrogens is 10. The molecule has 2 N–H and O–H groups in total. The summed E-state index contributed by atoms with van der Waals surface area (Å²) in [7, 11) is 0. The Balaban J connectivity index is 0.000000182. The van der Waals surface area contributed by atoms with Gasteiger partial charge in [0.1, 0.15) is 27.8 Å². The Hall–Kier alpha value is -11.8. The van der Waals surface area contributed by atoms with E-state index in [-0.39, 0.29) is 85.2 Å². The predicted molar refractivity (Wildman–Crippen MR) is 381 cm³/mol. The Morgan fingerprint density at radius 1 is 0.510 bits per heavy atom. The minimum Gasteiger partial charge on any atom is -0.460 e. The van der Waals surface area contributed by atoms with Crippen molar-refractivity contribution < 1.29 is 47.8 Å². The van der Waals surface area contributed by atoms with Crippen LogP contribution in [0.4, 0.5) is 0 Å². The van der Waals surface area contributed by atoms with Crippen molar-refractivity contribution in [2.45, 2.75) is 105 Å². The molecule has 14 rings (SSSR count). The van der Waals surface area contributed by atoms with Crippen molar-refractivity contribution in [3.8, 4) is 22.3 Å². The van der Waals surface area contributed by atoms with Crippen LogP contribution in [-0.2, 0) is 45.0 Å². The van der Waals surface area contributed by atoms with E-state index in [1.165, 1.54) is 18.8 Å². The van der Waals surface area contributed by atoms with Gasteiger partial charge in [-0.25, -0.2) is 19.0 Å². The number of halogens is 2. The maximum atomic E-state index is 14.1. The normalized spacial score (nSPS) is 13.5. The number of carbonyl (C=O) groups excluding carboxylic acids is 8. The third-order valence-corrected chi connectivity index (χ3v) is 17.8. The van der Waals surface area contributed by atoms with Crippen molar-refractivity contribution in [2.75, 3.05) is 13.1 Å². The van der Waals surface area contributed by atoms with E-state index < -0.39 is 47.0 Å². The highest BCUT2D eigenvalue weighted by atomic mass is 35.5. The summed E-state index contributed by atoms with van der Waals surface area (Å²) in [5, 5.41) is 26.9. The van der Waals surface area contributed by atoms with E-state index in [4.69, 9.17) is 37.8 Å². The lowest BCUT2D eigenvalue weighted by molar-refractivity contribution is -0.155. The quantitative estimate of drug-likeness (QED) is 0.0596. The molecule has 6 aromatic heterocycles. The van der Waals surface area contributed by atoms with Crippen LogP contribution in [0.25, 0.3) is 55.4 Å². The third-order valence-electron chi connectivity index (χ3n) is 17.2. The molecule has 8 heterocycles. The van der Waals surface area contributed by atoms with Gasteiger partial charge in [-0.1, -0.05) is 108 Å². The van der Waals surface area contributed by atoms with Crippen LogP contribution >= 0.6 is 23.2 Å². The number of nitrogens with one attached hydrogen (secondary N) is 2. The van der Waals surface area contributed by atoms with E-state index >= 15 is 0 Å². The first-order chi connectivity index (χ1) is 48.8. The van der Waals surface area contributed by atoms with Gasteiger partial charge in [0.2, 0.25) is 0 Å². The van der Waals surface area contributed by atoms with Gasteiger partial charge in [-0.15, -0.1) is 0 Å². The lowest BCUT2D eigenvalue weighted by Gasteiger charge is -2.22. The van der Waals surface area contributed by atoms with Crippen LogP contribution in [0, 0.1) is 0 Å². The molecule has 0 bridgehead atoms. The van der Waals surface area contributed by atoms with Crippen molar-refractivity contribution >= 4 is 104 Å². The van der Waals surface area contributed by atoms with E-state index in [1.807, 2.05) is 86.6 Å². The zero-order chi connectivity index (χ0) is 72.1. The fraction of sp³-hybridized carbons (Fsp3) is 0.237. The van der Waals surface area contributed by atoms with Gasteiger partial charge < -0.3 is 20.1 Å². The average Bonchev–Trinajstić information content (AvgIpc) is 1.48. The average molecular weight is 1410 g/mol. The molecule has 0 fully saturated rings. The van der Waals surface area contributed by atoms with E-state index in [0.29, 0.717) is 76.5 Å². The second kappa shape index (κ2) is 27.7. The van der Waals surface area contributed by atoms with Crippen molar-refractivity contribution in [2.24, 2.45) is 0 Å². The maximum absolute atomic E-state index is 14.1. The van der Waals surface area contributed by atoms with Gasteiger partial charge in [-0.3, -0.25) is 57.5 Å². The number of hydrogen-bond donors (Lipinski definition) is 2. The molecule has 102 heavy (non-hydrogen) atoms. The first-order valence-corrected chi connectivity index (χ1v) is 33.6. The highest BCUT2D eigenvalue weighted by Gasteiger charge is 2.38. The standard InChI is InChI=1S/2C38H34ClN7O5/c1-22(41-35(48)32-29(20-30(47)51-38(2,3)4)42-46-16-10-15-40-34(32)46)26-19-28(39)27-21-44(43-33(27)31(26)23-11-6-5-7-12-23)17-18-45-36(49)24-13-8-9-14-25(24)37(45)50;1-22(42-35(48)32-29(20-30(47)51-38(2,3)4)43-46-16-10-15-40-34(32)46)26-19-28(39)27-21-41-45(33(27)31(26)23-11-6-5-7-12-23)18-17-44-36(49)24-13-8-9-14-25(24)37(44)50/h5-16,19,21-22H,17-18,20H2,1-4H3,(H,41,48);5-16,19,21-22H,17-18,20H2,1-4H3,(H,42,48). The van der Waals surface area contributed by atoms with Gasteiger partial charge in [0.05, 0.1) is 93.4 Å². The molecular weight excluding hydrogens is 1340 g/mol. The third kappa shape index (κ3) is 13.7. The largest absolute Gasteiger partial charge is 0.460 e. The van der Waals surface area contributed by atoms with E-state index in [0.717, 1.165) is 22.3 Å². The molecule has 0 saturated heterocycles. The van der Waals surface area contributed by atoms with Crippen molar-refractivity contribution in [1.29, 1.82) is 0 Å². The van der Waals surface area contributed by atoms with Crippen LogP contribution < -0.4 is 10.6 Å². The molecule has 0 aliphatic carbocycles. The highest BCUT2D eigenvalue weighted by molar-refractivity contribution is 6.36. The van der Waals surface area contributed by atoms with Crippen LogP contribution in [0.2, 0.25) is 10.0 Å². The molecule has 6 aromatic carbocycles. The van der Waals surface area contributed by atoms with Crippen molar-refractivity contribution in [3.05, 3.63) is 237 Å². The van der Waals surface area contributed by atoms with Gasteiger partial charge in [-0.05, 0) is 126 Å². The van der Waals surface area contributed by atoms with Gasteiger partial charge >= 0.3 is 11.9 Å². The van der Waals surface area contributed by atoms with Gasteiger partial charge in [0, 0.05) is 66.0 Å². The zero-order valence-electron chi connectivity index (χ0n) is 56.8. The fourth-order valence-electron chi connectivity index (χ4n) is 12.8. The minimum atomic E-state index is -0.714. The Kier molecular flexibility index (Phi) is 18.7. The molecule has 516 valence electrons. The maximum Gasteiger partial charge on any atom is 0.312 e. The molecule has 0 spiro atoms. The Morgan fingerprint density at radius 3 is 1.37 bits per heavy atom. The zero-order valence-corrected chi connectivity index (χ0v) is 58.3. The van der Waals surface area contributed by atoms with Crippen molar-refractivity contribution in [3.63, 3.8) is 0 Å². The lowest BCUT2D eigenvalue weighted by Crippen LogP contribution is -2.33. The number of carbonyl (C=O) groups is 8. The fourth-order valence-corrected chi connectivity index (χ4v) is 13.3. The number of fused-ring (bicyclic) bond motifs is 6. The van der Waals surface area contributed by atoms with Crippen LogP contribution in [0.3, 0.4) is 0 Å². The summed E-state index contributed by atoms with van der Waals surface area (Å²) in [6, 6.07) is 38.6. The number of ether oxygens (including phenoxy) is 2. The molecule has 2 aliphatic heterocycles. The van der Waals surface area contributed by atoms with Gasteiger partial charge in [-0.2, -0.15) is 20.4 Å². The first-order valence-electron chi connectivity index (χ1n) is 32.9. The van der Waals surface area contributed by atoms with Gasteiger partial charge in [0.25, 0.3) is 35.4 Å². The van der Waals surface area contributed by atoms with Crippen molar-refractivity contribution in [1.82, 2.24) is 69.2 Å². The molecule has 2 unspecified atom stereocenters. The van der Waals surface area contributed by atoms with E-state index in [9.17, 15) is 38.4 Å². The molecule has 0 saturated carbocycles. The summed E-state index contributed by atoms with van der Waals surface area (Å²) in [5.74, 6) is -3.37. The Bertz CT molecular complexity index is 5300. The number of imide groups is 2. The van der Waals surface area contributed by atoms with Gasteiger partial charge in [0.15, 0.2) is 11.3 Å². The second-order valence-electron chi connectivity index (χ2n) is 26.6. The number of benzene rings is 6. The molecule has 0 radical (unpaired) electrons. The predicted octanol–water partition coefficient (Wildman–Crippen LogP) is 12.1. The molecule has 24 nitrogen and oxygen atoms in total. The number of amides is 6. The Labute approximate surface area is 594 Å². The first kappa shape index (κ1) is 68.8. The molecular formula is C76H68Cl2N14O10. The summed E-state index contributed by atoms with van der Waals surface area (Å²) >= 11 is 13.8. The van der Waals surface area contributed by atoms with Crippen LogP contribution in [0.1, 0.15) is 152 Å². The Morgan fingerprint density at radius 2 is 0.922 bits per heavy atom. The smallest absolute Gasteiger partial charge is 0.312 e. The van der Waals surface area contributed by atoms with Crippen LogP contribution in [0.15, 0.2) is 171 Å². The number of esters is 2. The lowest BCUT2D eigenvalue weighted by atomic mass is 9.93. The number of nitrogens with zero attached hydrogens (tertiary/aromatic N) is 12. The minimum absolute atomic E-state index is 0.0909. The van der Waals surface area contributed by atoms with E-state index in [1.54, 1.807) is 149 Å². The molecule has 2 atom stereocenters. The topological polar surface area (TPSA) is 282 Å². The summed E-state index contributed by atoms with van der Waals surface area (Å²) < 4.78 is 17.4.